The Morgan fingerprint density at radius 1 is 1.04 bits per heavy atom. The van der Waals surface area contributed by atoms with Crippen LogP contribution in [0.15, 0.2) is 72.8 Å². The molecule has 0 spiro atoms. The largest absolute Gasteiger partial charge is 0.489 e. The maximum absolute atomic E-state index is 13.2. The predicted octanol–water partition coefficient (Wildman–Crippen LogP) is 6.12. The quantitative estimate of drug-likeness (QED) is 0.404. The fourth-order valence-corrected chi connectivity index (χ4v) is 2.56. The van der Waals surface area contributed by atoms with Crippen LogP contribution in [-0.2, 0) is 6.61 Å². The molecule has 128 valence electrons. The first kappa shape index (κ1) is 17.7. The van der Waals surface area contributed by atoms with Gasteiger partial charge in [0.25, 0.3) is 0 Å². The minimum absolute atomic E-state index is 0.280. The molecule has 0 aliphatic rings. The Morgan fingerprint density at radius 3 is 2.42 bits per heavy atom. The van der Waals surface area contributed by atoms with Crippen LogP contribution in [0.5, 0.6) is 5.75 Å². The van der Waals surface area contributed by atoms with Gasteiger partial charge in [-0.2, -0.15) is 5.26 Å². The van der Waals surface area contributed by atoms with Crippen molar-refractivity contribution >= 4 is 23.3 Å². The minimum Gasteiger partial charge on any atom is -0.489 e. The lowest BCUT2D eigenvalue weighted by Crippen LogP contribution is -1.95. The van der Waals surface area contributed by atoms with E-state index in [1.807, 2.05) is 42.5 Å². The molecule has 0 radical (unpaired) electrons. The second kappa shape index (κ2) is 8.33. The van der Waals surface area contributed by atoms with Gasteiger partial charge in [0.1, 0.15) is 18.2 Å². The van der Waals surface area contributed by atoms with Crippen molar-refractivity contribution in [1.29, 1.82) is 5.26 Å². The van der Waals surface area contributed by atoms with Gasteiger partial charge in [0.15, 0.2) is 0 Å². The molecule has 0 bridgehead atoms. The van der Waals surface area contributed by atoms with Crippen LogP contribution in [0.3, 0.4) is 0 Å². The number of rotatable bonds is 5. The first-order chi connectivity index (χ1) is 12.6. The van der Waals surface area contributed by atoms with Crippen molar-refractivity contribution in [1.82, 2.24) is 0 Å². The molecule has 0 saturated carbocycles. The van der Waals surface area contributed by atoms with E-state index in [4.69, 9.17) is 16.3 Å². The van der Waals surface area contributed by atoms with E-state index in [1.165, 1.54) is 12.1 Å². The van der Waals surface area contributed by atoms with E-state index >= 15 is 0 Å². The number of hydrogen-bond donors (Lipinski definition) is 0. The molecule has 0 aromatic heterocycles. The van der Waals surface area contributed by atoms with Crippen molar-refractivity contribution in [3.05, 3.63) is 100 Å². The molecule has 4 heteroatoms. The van der Waals surface area contributed by atoms with Gasteiger partial charge in [-0.15, -0.1) is 0 Å². The highest BCUT2D eigenvalue weighted by molar-refractivity contribution is 6.30. The highest BCUT2D eigenvalue weighted by Gasteiger charge is 2.02. The molecule has 3 aromatic carbocycles. The second-order valence-corrected chi connectivity index (χ2v) is 6.10. The van der Waals surface area contributed by atoms with E-state index in [0.717, 1.165) is 16.7 Å². The van der Waals surface area contributed by atoms with Gasteiger partial charge in [0, 0.05) is 5.02 Å². The summed E-state index contributed by atoms with van der Waals surface area (Å²) in [5.74, 6) is 0.397. The lowest BCUT2D eigenvalue weighted by molar-refractivity contribution is 0.305. The maximum atomic E-state index is 13.2. The SMILES string of the molecule is N#C/C(=C\c1ccc(OCc2cccc(F)c2)cc1)c1ccc(Cl)cc1. The van der Waals surface area contributed by atoms with Gasteiger partial charge in [-0.3, -0.25) is 0 Å². The van der Waals surface area contributed by atoms with E-state index in [-0.39, 0.29) is 5.82 Å². The standard InChI is InChI=1S/C22H15ClFNO/c23-20-8-6-18(7-9-20)19(14-25)12-16-4-10-22(11-5-16)26-15-17-2-1-3-21(24)13-17/h1-13H,15H2/b19-12+. The van der Waals surface area contributed by atoms with E-state index in [1.54, 1.807) is 24.3 Å². The number of halogens is 2. The summed E-state index contributed by atoms with van der Waals surface area (Å²) in [4.78, 5) is 0. The third-order valence-electron chi connectivity index (χ3n) is 3.76. The monoisotopic (exact) mass is 363 g/mol. The zero-order valence-corrected chi connectivity index (χ0v) is 14.6. The summed E-state index contributed by atoms with van der Waals surface area (Å²) < 4.78 is 18.8. The zero-order valence-electron chi connectivity index (χ0n) is 13.8. The van der Waals surface area contributed by atoms with Gasteiger partial charge in [-0.25, -0.2) is 4.39 Å². The summed E-state index contributed by atoms with van der Waals surface area (Å²) in [5, 5.41) is 10.0. The van der Waals surface area contributed by atoms with Gasteiger partial charge in [0.2, 0.25) is 0 Å². The Hall–Kier alpha value is -3.09. The summed E-state index contributed by atoms with van der Waals surface area (Å²) in [6.07, 6.45) is 1.81. The van der Waals surface area contributed by atoms with Gasteiger partial charge in [-0.05, 0) is 59.2 Å². The van der Waals surface area contributed by atoms with Crippen molar-refractivity contribution in [2.45, 2.75) is 6.61 Å². The highest BCUT2D eigenvalue weighted by atomic mass is 35.5. The summed E-state index contributed by atoms with van der Waals surface area (Å²) in [6.45, 7) is 0.293. The van der Waals surface area contributed by atoms with Crippen molar-refractivity contribution in [2.75, 3.05) is 0 Å². The first-order valence-electron chi connectivity index (χ1n) is 7.99. The Kier molecular flexibility index (Phi) is 5.68. The number of hydrogen-bond acceptors (Lipinski definition) is 2. The third-order valence-corrected chi connectivity index (χ3v) is 4.01. The Bertz CT molecular complexity index is 957. The van der Waals surface area contributed by atoms with Crippen molar-refractivity contribution in [3.63, 3.8) is 0 Å². The second-order valence-electron chi connectivity index (χ2n) is 5.66. The molecule has 0 heterocycles. The third kappa shape index (κ3) is 4.72. The lowest BCUT2D eigenvalue weighted by Gasteiger charge is -2.07. The van der Waals surface area contributed by atoms with Crippen LogP contribution in [0.2, 0.25) is 5.02 Å². The molecule has 0 atom stereocenters. The maximum Gasteiger partial charge on any atom is 0.123 e. The van der Waals surface area contributed by atoms with Crippen LogP contribution in [0.25, 0.3) is 11.6 Å². The lowest BCUT2D eigenvalue weighted by atomic mass is 10.0. The highest BCUT2D eigenvalue weighted by Crippen LogP contribution is 2.21. The number of allylic oxidation sites excluding steroid dienone is 1. The molecule has 0 N–H and O–H groups in total. The Balaban J connectivity index is 1.70. The van der Waals surface area contributed by atoms with Crippen LogP contribution in [-0.4, -0.2) is 0 Å². The van der Waals surface area contributed by atoms with Crippen molar-refractivity contribution < 1.29 is 9.13 Å². The molecule has 0 aliphatic carbocycles. The number of benzene rings is 3. The molecule has 0 fully saturated rings. The fourth-order valence-electron chi connectivity index (χ4n) is 2.43. The van der Waals surface area contributed by atoms with Gasteiger partial charge < -0.3 is 4.74 Å². The summed E-state index contributed by atoms with van der Waals surface area (Å²) in [5.41, 5.74) is 3.01. The van der Waals surface area contributed by atoms with E-state index in [0.29, 0.717) is 23.0 Å². The van der Waals surface area contributed by atoms with Crippen molar-refractivity contribution in [2.24, 2.45) is 0 Å². The fraction of sp³-hybridized carbons (Fsp3) is 0.0455. The summed E-state index contributed by atoms with van der Waals surface area (Å²) in [6, 6.07) is 23.0. The molecule has 3 rings (SSSR count). The predicted molar refractivity (Wildman–Crippen MR) is 102 cm³/mol. The number of nitriles is 1. The first-order valence-corrected chi connectivity index (χ1v) is 8.37. The summed E-state index contributed by atoms with van der Waals surface area (Å²) >= 11 is 5.88. The van der Waals surface area contributed by atoms with Crippen LogP contribution in [0.4, 0.5) is 4.39 Å². The Labute approximate surface area is 156 Å². The molecule has 3 aromatic rings. The summed E-state index contributed by atoms with van der Waals surface area (Å²) in [7, 11) is 0. The van der Waals surface area contributed by atoms with E-state index in [9.17, 15) is 9.65 Å². The molecule has 0 saturated heterocycles. The number of nitrogens with zero attached hydrogens (tertiary/aromatic N) is 1. The molecule has 0 aliphatic heterocycles. The average Bonchev–Trinajstić information content (AvgIpc) is 2.66. The van der Waals surface area contributed by atoms with Crippen LogP contribution < -0.4 is 4.74 Å². The Morgan fingerprint density at radius 2 is 1.77 bits per heavy atom. The molecule has 2 nitrogen and oxygen atoms in total. The average molecular weight is 364 g/mol. The topological polar surface area (TPSA) is 33.0 Å². The van der Waals surface area contributed by atoms with E-state index in [2.05, 4.69) is 6.07 Å². The van der Waals surface area contributed by atoms with Gasteiger partial charge in [-0.1, -0.05) is 48.0 Å². The molecule has 26 heavy (non-hydrogen) atoms. The van der Waals surface area contributed by atoms with Crippen molar-refractivity contribution in [3.8, 4) is 11.8 Å². The normalized spacial score (nSPS) is 11.0. The molecule has 0 amide bonds. The smallest absolute Gasteiger partial charge is 0.123 e. The van der Waals surface area contributed by atoms with Gasteiger partial charge >= 0.3 is 0 Å². The minimum atomic E-state index is -0.280. The number of ether oxygens (including phenoxy) is 1. The van der Waals surface area contributed by atoms with Crippen LogP contribution in [0, 0.1) is 17.1 Å². The van der Waals surface area contributed by atoms with Gasteiger partial charge in [0.05, 0.1) is 11.6 Å². The van der Waals surface area contributed by atoms with Crippen LogP contribution in [0.1, 0.15) is 16.7 Å². The molecular weight excluding hydrogens is 349 g/mol. The van der Waals surface area contributed by atoms with Crippen LogP contribution >= 0.6 is 11.6 Å². The zero-order chi connectivity index (χ0) is 18.4. The molecule has 0 unspecified atom stereocenters. The molecular formula is C22H15ClFNO. The van der Waals surface area contributed by atoms with E-state index < -0.39 is 0 Å².